The Hall–Kier alpha value is -2.32. The quantitative estimate of drug-likeness (QED) is 0.620. The highest BCUT2D eigenvalue weighted by molar-refractivity contribution is 6.06. The van der Waals surface area contributed by atoms with Crippen molar-refractivity contribution in [1.29, 1.82) is 5.26 Å². The topological polar surface area (TPSA) is 76.4 Å². The molecule has 0 spiro atoms. The van der Waals surface area contributed by atoms with Crippen molar-refractivity contribution >= 4 is 11.6 Å². The number of nitrogens with one attached hydrogen (secondary N) is 1. The summed E-state index contributed by atoms with van der Waals surface area (Å²) in [5, 5.41) is 20.5. The monoisotopic (exact) mass is 287 g/mol. The molecule has 5 heteroatoms. The normalized spacial score (nSPS) is 11.1. The lowest BCUT2D eigenvalue weighted by atomic mass is 10.0. The molecule has 0 fully saturated rings. The molecule has 1 aromatic carbocycles. The van der Waals surface area contributed by atoms with Gasteiger partial charge in [-0.2, -0.15) is 5.26 Å². The lowest BCUT2D eigenvalue weighted by Gasteiger charge is -2.13. The van der Waals surface area contributed by atoms with Crippen LogP contribution in [0.3, 0.4) is 0 Å². The van der Waals surface area contributed by atoms with Crippen molar-refractivity contribution in [2.24, 2.45) is 0 Å². The fourth-order valence-corrected chi connectivity index (χ4v) is 1.73. The van der Waals surface area contributed by atoms with Crippen molar-refractivity contribution < 1.29 is 9.90 Å². The summed E-state index contributed by atoms with van der Waals surface area (Å²) in [6.45, 7) is 4.52. The molecule has 0 atom stereocenters. The molecule has 0 aliphatic heterocycles. The molecule has 0 aliphatic rings. The minimum atomic E-state index is -0.459. The second kappa shape index (κ2) is 8.08. The molecule has 2 N–H and O–H groups in total. The molecule has 0 aromatic heterocycles. The maximum atomic E-state index is 12.0. The van der Waals surface area contributed by atoms with Gasteiger partial charge in [0.2, 0.25) is 0 Å². The van der Waals surface area contributed by atoms with Crippen LogP contribution in [0.5, 0.6) is 0 Å². The number of aliphatic hydroxyl groups is 1. The SMILES string of the molecule is CC(C)c1ccc(NC(=O)/C(C#N)=C\N(C)CCO)cc1. The van der Waals surface area contributed by atoms with Crippen LogP contribution in [0.2, 0.25) is 0 Å². The number of carbonyl (C=O) groups is 1. The van der Waals surface area contributed by atoms with Gasteiger partial charge in [-0.15, -0.1) is 0 Å². The Labute approximate surface area is 125 Å². The number of amides is 1. The molecule has 0 aliphatic carbocycles. The minimum Gasteiger partial charge on any atom is -0.395 e. The molecule has 0 unspecified atom stereocenters. The highest BCUT2D eigenvalue weighted by Crippen LogP contribution is 2.17. The van der Waals surface area contributed by atoms with Crippen LogP contribution < -0.4 is 5.32 Å². The number of anilines is 1. The van der Waals surface area contributed by atoms with E-state index >= 15 is 0 Å². The van der Waals surface area contributed by atoms with Gasteiger partial charge in [0.05, 0.1) is 6.61 Å². The van der Waals surface area contributed by atoms with Crippen LogP contribution in [-0.2, 0) is 4.79 Å². The summed E-state index contributed by atoms with van der Waals surface area (Å²) in [5.41, 5.74) is 1.83. The zero-order valence-corrected chi connectivity index (χ0v) is 12.6. The average Bonchev–Trinajstić information content (AvgIpc) is 2.45. The minimum absolute atomic E-state index is 0.00103. The largest absolute Gasteiger partial charge is 0.395 e. The molecule has 0 saturated carbocycles. The number of hydrogen-bond donors (Lipinski definition) is 2. The predicted octanol–water partition coefficient (Wildman–Crippen LogP) is 2.08. The van der Waals surface area contributed by atoms with E-state index in [4.69, 9.17) is 10.4 Å². The smallest absolute Gasteiger partial charge is 0.267 e. The zero-order valence-electron chi connectivity index (χ0n) is 12.6. The first-order valence-electron chi connectivity index (χ1n) is 6.82. The van der Waals surface area contributed by atoms with E-state index in [9.17, 15) is 4.79 Å². The van der Waals surface area contributed by atoms with Crippen molar-refractivity contribution in [3.63, 3.8) is 0 Å². The molecule has 112 valence electrons. The van der Waals surface area contributed by atoms with Crippen LogP contribution in [0.1, 0.15) is 25.3 Å². The first-order chi connectivity index (χ1) is 9.97. The van der Waals surface area contributed by atoms with Crippen LogP contribution in [-0.4, -0.2) is 36.1 Å². The van der Waals surface area contributed by atoms with E-state index < -0.39 is 5.91 Å². The highest BCUT2D eigenvalue weighted by Gasteiger charge is 2.10. The van der Waals surface area contributed by atoms with Gasteiger partial charge >= 0.3 is 0 Å². The van der Waals surface area contributed by atoms with Gasteiger partial charge in [-0.1, -0.05) is 26.0 Å². The van der Waals surface area contributed by atoms with Crippen molar-refractivity contribution in [3.8, 4) is 6.07 Å². The standard InChI is InChI=1S/C16H21N3O2/c1-12(2)13-4-6-15(7-5-13)18-16(21)14(10-17)11-19(3)8-9-20/h4-7,11-12,20H,8-9H2,1-3H3,(H,18,21)/b14-11-. The number of nitrogens with zero attached hydrogens (tertiary/aromatic N) is 2. The molecule has 0 saturated heterocycles. The third-order valence-electron chi connectivity index (χ3n) is 3.00. The number of likely N-dealkylation sites (N-methyl/N-ethyl adjacent to an activating group) is 1. The number of benzene rings is 1. The first kappa shape index (κ1) is 16.7. The third kappa shape index (κ3) is 5.28. The van der Waals surface area contributed by atoms with E-state index in [1.165, 1.54) is 11.8 Å². The number of nitriles is 1. The summed E-state index contributed by atoms with van der Waals surface area (Å²) in [5.74, 6) is -0.0314. The Bertz CT molecular complexity index is 542. The average molecular weight is 287 g/mol. The summed E-state index contributed by atoms with van der Waals surface area (Å²) in [6, 6.07) is 9.41. The molecule has 0 bridgehead atoms. The van der Waals surface area contributed by atoms with Gasteiger partial charge in [0.1, 0.15) is 11.6 Å². The van der Waals surface area contributed by atoms with Crippen molar-refractivity contribution in [1.82, 2.24) is 4.90 Å². The number of aliphatic hydroxyl groups excluding tert-OH is 1. The van der Waals surface area contributed by atoms with Crippen LogP contribution in [0, 0.1) is 11.3 Å². The molecule has 0 radical (unpaired) electrons. The van der Waals surface area contributed by atoms with Crippen LogP contribution in [0.4, 0.5) is 5.69 Å². The van der Waals surface area contributed by atoms with Gasteiger partial charge in [-0.05, 0) is 23.6 Å². The number of hydrogen-bond acceptors (Lipinski definition) is 4. The Balaban J connectivity index is 2.77. The Morgan fingerprint density at radius 1 is 1.43 bits per heavy atom. The summed E-state index contributed by atoms with van der Waals surface area (Å²) < 4.78 is 0. The maximum Gasteiger partial charge on any atom is 0.267 e. The lowest BCUT2D eigenvalue weighted by molar-refractivity contribution is -0.112. The van der Waals surface area contributed by atoms with Gasteiger partial charge in [-0.25, -0.2) is 0 Å². The van der Waals surface area contributed by atoms with E-state index in [0.29, 0.717) is 18.2 Å². The van der Waals surface area contributed by atoms with Crippen LogP contribution in [0.25, 0.3) is 0 Å². The molecule has 21 heavy (non-hydrogen) atoms. The molecule has 1 rings (SSSR count). The van der Waals surface area contributed by atoms with Crippen molar-refractivity contribution in [2.75, 3.05) is 25.5 Å². The Kier molecular flexibility index (Phi) is 6.44. The van der Waals surface area contributed by atoms with E-state index in [1.54, 1.807) is 11.9 Å². The van der Waals surface area contributed by atoms with Gasteiger partial charge in [0.15, 0.2) is 0 Å². The van der Waals surface area contributed by atoms with E-state index in [0.717, 1.165) is 0 Å². The van der Waals surface area contributed by atoms with Gasteiger partial charge < -0.3 is 15.3 Å². The fraction of sp³-hybridized carbons (Fsp3) is 0.375. The fourth-order valence-electron chi connectivity index (χ4n) is 1.73. The zero-order chi connectivity index (χ0) is 15.8. The summed E-state index contributed by atoms with van der Waals surface area (Å²) in [7, 11) is 1.69. The second-order valence-electron chi connectivity index (χ2n) is 5.09. The summed E-state index contributed by atoms with van der Waals surface area (Å²) in [4.78, 5) is 13.6. The van der Waals surface area contributed by atoms with Crippen molar-refractivity contribution in [3.05, 3.63) is 41.6 Å². The molecular weight excluding hydrogens is 266 g/mol. The molecule has 1 amide bonds. The van der Waals surface area contributed by atoms with Crippen LogP contribution in [0.15, 0.2) is 36.0 Å². The first-order valence-corrected chi connectivity index (χ1v) is 6.82. The third-order valence-corrected chi connectivity index (χ3v) is 3.00. The molecule has 5 nitrogen and oxygen atoms in total. The number of rotatable bonds is 6. The van der Waals surface area contributed by atoms with Crippen LogP contribution >= 0.6 is 0 Å². The van der Waals surface area contributed by atoms with E-state index in [-0.39, 0.29) is 12.2 Å². The summed E-state index contributed by atoms with van der Waals surface area (Å²) in [6.07, 6.45) is 1.42. The molecule has 0 heterocycles. The van der Waals surface area contributed by atoms with E-state index in [1.807, 2.05) is 30.3 Å². The van der Waals surface area contributed by atoms with E-state index in [2.05, 4.69) is 19.2 Å². The molecule has 1 aromatic rings. The Morgan fingerprint density at radius 3 is 2.52 bits per heavy atom. The highest BCUT2D eigenvalue weighted by atomic mass is 16.3. The number of carbonyl (C=O) groups excluding carboxylic acids is 1. The lowest BCUT2D eigenvalue weighted by Crippen LogP contribution is -2.20. The summed E-state index contributed by atoms with van der Waals surface area (Å²) >= 11 is 0. The van der Waals surface area contributed by atoms with Crippen molar-refractivity contribution in [2.45, 2.75) is 19.8 Å². The van der Waals surface area contributed by atoms with Gasteiger partial charge in [0.25, 0.3) is 5.91 Å². The van der Waals surface area contributed by atoms with Gasteiger partial charge in [-0.3, -0.25) is 4.79 Å². The Morgan fingerprint density at radius 2 is 2.05 bits per heavy atom. The maximum absolute atomic E-state index is 12.0. The second-order valence-corrected chi connectivity index (χ2v) is 5.09. The van der Waals surface area contributed by atoms with Gasteiger partial charge in [0, 0.05) is 25.5 Å². The predicted molar refractivity (Wildman–Crippen MR) is 82.6 cm³/mol. The molecular formula is C16H21N3O2.